The summed E-state index contributed by atoms with van der Waals surface area (Å²) in [7, 11) is 0. The van der Waals surface area contributed by atoms with Crippen molar-refractivity contribution in [2.24, 2.45) is 0 Å². The molecular formula is C13H14N6O2S. The molecule has 0 bridgehead atoms. The number of hydrogen-bond acceptors (Lipinski definition) is 8. The largest absolute Gasteiger partial charge is 0.459 e. The summed E-state index contributed by atoms with van der Waals surface area (Å²) in [6.07, 6.45) is 6.34. The molecule has 1 aliphatic rings. The molecule has 3 aromatic heterocycles. The molecule has 0 atom stereocenters. The maximum atomic E-state index is 5.58. The Hall–Kier alpha value is -2.16. The second-order valence-corrected chi connectivity index (χ2v) is 6.05. The summed E-state index contributed by atoms with van der Waals surface area (Å²) in [5.41, 5.74) is 0. The summed E-state index contributed by atoms with van der Waals surface area (Å²) in [5, 5.41) is 20.8. The quantitative estimate of drug-likeness (QED) is 0.663. The minimum Gasteiger partial charge on any atom is -0.459 e. The predicted octanol–water partition coefficient (Wildman–Crippen LogP) is 2.72. The van der Waals surface area contributed by atoms with E-state index < -0.39 is 0 Å². The van der Waals surface area contributed by atoms with Gasteiger partial charge in [0, 0.05) is 0 Å². The van der Waals surface area contributed by atoms with Crippen molar-refractivity contribution in [3.05, 3.63) is 24.3 Å². The van der Waals surface area contributed by atoms with E-state index in [9.17, 15) is 0 Å². The fourth-order valence-corrected chi connectivity index (χ4v) is 3.38. The van der Waals surface area contributed by atoms with Crippen LogP contribution >= 0.6 is 11.8 Å². The monoisotopic (exact) mass is 318 g/mol. The van der Waals surface area contributed by atoms with Gasteiger partial charge in [0.2, 0.25) is 11.0 Å². The van der Waals surface area contributed by atoms with Gasteiger partial charge in [-0.05, 0) is 35.4 Å². The number of rotatable bonds is 5. The number of hydrogen-bond donors (Lipinski definition) is 0. The van der Waals surface area contributed by atoms with Gasteiger partial charge in [0.25, 0.3) is 5.89 Å². The van der Waals surface area contributed by atoms with Crippen molar-refractivity contribution in [2.45, 2.75) is 42.6 Å². The molecule has 0 aromatic carbocycles. The molecule has 0 N–H and O–H groups in total. The molecule has 1 aliphatic carbocycles. The van der Waals surface area contributed by atoms with Crippen molar-refractivity contribution in [1.82, 2.24) is 30.4 Å². The van der Waals surface area contributed by atoms with E-state index in [4.69, 9.17) is 8.83 Å². The fourth-order valence-electron chi connectivity index (χ4n) is 2.60. The molecule has 3 aromatic rings. The van der Waals surface area contributed by atoms with Crippen LogP contribution in [0.4, 0.5) is 0 Å². The lowest BCUT2D eigenvalue weighted by atomic mass is 10.3. The molecule has 9 heteroatoms. The molecule has 0 saturated heterocycles. The van der Waals surface area contributed by atoms with Crippen molar-refractivity contribution in [3.8, 4) is 11.7 Å². The highest BCUT2D eigenvalue weighted by molar-refractivity contribution is 7.98. The van der Waals surface area contributed by atoms with Gasteiger partial charge in [-0.25, -0.2) is 4.68 Å². The number of thioether (sulfide) groups is 1. The van der Waals surface area contributed by atoms with Gasteiger partial charge in [-0.1, -0.05) is 24.6 Å². The second kappa shape index (κ2) is 5.91. The molecule has 1 saturated carbocycles. The molecule has 0 aliphatic heterocycles. The third kappa shape index (κ3) is 2.63. The highest BCUT2D eigenvalue weighted by Gasteiger charge is 2.22. The van der Waals surface area contributed by atoms with Gasteiger partial charge in [0.1, 0.15) is 0 Å². The summed E-state index contributed by atoms with van der Waals surface area (Å²) >= 11 is 1.50. The van der Waals surface area contributed by atoms with Crippen LogP contribution in [0.3, 0.4) is 0 Å². The van der Waals surface area contributed by atoms with Crippen LogP contribution in [0, 0.1) is 0 Å². The molecule has 0 amide bonds. The zero-order chi connectivity index (χ0) is 14.8. The molecular weight excluding hydrogens is 304 g/mol. The van der Waals surface area contributed by atoms with Crippen LogP contribution < -0.4 is 0 Å². The Kier molecular flexibility index (Phi) is 3.63. The Labute approximate surface area is 130 Å². The van der Waals surface area contributed by atoms with E-state index in [-0.39, 0.29) is 0 Å². The SMILES string of the molecule is c1coc(-c2nnc(CSc3nnnn3C3CCCC3)o2)c1. The van der Waals surface area contributed by atoms with Crippen LogP contribution in [-0.2, 0) is 5.75 Å². The van der Waals surface area contributed by atoms with Crippen LogP contribution in [0.2, 0.25) is 0 Å². The van der Waals surface area contributed by atoms with Crippen molar-refractivity contribution in [2.75, 3.05) is 0 Å². The van der Waals surface area contributed by atoms with E-state index in [1.165, 1.54) is 24.6 Å². The minimum absolute atomic E-state index is 0.385. The summed E-state index contributed by atoms with van der Waals surface area (Å²) in [6, 6.07) is 3.98. The molecule has 3 heterocycles. The van der Waals surface area contributed by atoms with Gasteiger partial charge in [-0.2, -0.15) is 0 Å². The Morgan fingerprint density at radius 1 is 1.23 bits per heavy atom. The highest BCUT2D eigenvalue weighted by Crippen LogP contribution is 2.32. The van der Waals surface area contributed by atoms with Gasteiger partial charge in [0.05, 0.1) is 18.1 Å². The van der Waals surface area contributed by atoms with Crippen molar-refractivity contribution in [3.63, 3.8) is 0 Å². The third-order valence-corrected chi connectivity index (χ3v) is 4.57. The Morgan fingerprint density at radius 3 is 2.95 bits per heavy atom. The van der Waals surface area contributed by atoms with Crippen molar-refractivity contribution < 1.29 is 8.83 Å². The molecule has 4 rings (SSSR count). The fraction of sp³-hybridized carbons (Fsp3) is 0.462. The number of tetrazole rings is 1. The highest BCUT2D eigenvalue weighted by atomic mass is 32.2. The molecule has 1 fully saturated rings. The minimum atomic E-state index is 0.385. The van der Waals surface area contributed by atoms with Gasteiger partial charge in [-0.15, -0.1) is 15.3 Å². The second-order valence-electron chi connectivity index (χ2n) is 5.11. The normalized spacial score (nSPS) is 15.6. The standard InChI is InChI=1S/C13H14N6O2S/c1-2-5-9(4-1)19-13(16-17-18-19)22-8-11-14-15-12(21-11)10-6-3-7-20-10/h3,6-7,9H,1-2,4-5,8H2. The smallest absolute Gasteiger partial charge is 0.283 e. The van der Waals surface area contributed by atoms with Gasteiger partial charge in [-0.3, -0.25) is 0 Å². The zero-order valence-corrected chi connectivity index (χ0v) is 12.6. The molecule has 22 heavy (non-hydrogen) atoms. The van der Waals surface area contributed by atoms with E-state index >= 15 is 0 Å². The Balaban J connectivity index is 1.44. The lowest BCUT2D eigenvalue weighted by Gasteiger charge is -2.09. The van der Waals surface area contributed by atoms with Crippen molar-refractivity contribution in [1.29, 1.82) is 0 Å². The average molecular weight is 318 g/mol. The summed E-state index contributed by atoms with van der Waals surface area (Å²) < 4.78 is 12.7. The van der Waals surface area contributed by atoms with Crippen LogP contribution in [0.5, 0.6) is 0 Å². The maximum Gasteiger partial charge on any atom is 0.283 e. The van der Waals surface area contributed by atoms with Crippen LogP contribution in [0.1, 0.15) is 37.6 Å². The van der Waals surface area contributed by atoms with Gasteiger partial charge < -0.3 is 8.83 Å². The first-order valence-corrected chi connectivity index (χ1v) is 8.15. The van der Waals surface area contributed by atoms with E-state index in [1.807, 2.05) is 4.68 Å². The number of nitrogens with zero attached hydrogens (tertiary/aromatic N) is 6. The first-order chi connectivity index (χ1) is 10.9. The first-order valence-electron chi connectivity index (χ1n) is 7.17. The molecule has 114 valence electrons. The lowest BCUT2D eigenvalue weighted by Crippen LogP contribution is -2.08. The third-order valence-electron chi connectivity index (χ3n) is 3.66. The average Bonchev–Trinajstić information content (AvgIpc) is 3.33. The predicted molar refractivity (Wildman–Crippen MR) is 76.9 cm³/mol. The topological polar surface area (TPSA) is 95.7 Å². The van der Waals surface area contributed by atoms with E-state index in [0.29, 0.717) is 29.3 Å². The Morgan fingerprint density at radius 2 is 2.14 bits per heavy atom. The number of aromatic nitrogens is 6. The molecule has 0 unspecified atom stereocenters. The first kappa shape index (κ1) is 13.5. The van der Waals surface area contributed by atoms with Crippen LogP contribution in [0.15, 0.2) is 32.4 Å². The zero-order valence-electron chi connectivity index (χ0n) is 11.8. The summed E-state index contributed by atoms with van der Waals surface area (Å²) in [6.45, 7) is 0. The van der Waals surface area contributed by atoms with Gasteiger partial charge >= 0.3 is 0 Å². The van der Waals surface area contributed by atoms with E-state index in [1.54, 1.807) is 18.4 Å². The molecule has 0 spiro atoms. The maximum absolute atomic E-state index is 5.58. The lowest BCUT2D eigenvalue weighted by molar-refractivity contribution is 0.422. The van der Waals surface area contributed by atoms with Crippen LogP contribution in [-0.4, -0.2) is 30.4 Å². The van der Waals surface area contributed by atoms with Crippen LogP contribution in [0.25, 0.3) is 11.7 Å². The van der Waals surface area contributed by atoms with E-state index in [0.717, 1.165) is 18.0 Å². The molecule has 0 radical (unpaired) electrons. The number of furan rings is 1. The summed E-state index contributed by atoms with van der Waals surface area (Å²) in [4.78, 5) is 0. The van der Waals surface area contributed by atoms with Crippen molar-refractivity contribution >= 4 is 11.8 Å². The van der Waals surface area contributed by atoms with Gasteiger partial charge in [0.15, 0.2) is 5.76 Å². The Bertz CT molecular complexity index is 731. The van der Waals surface area contributed by atoms with E-state index in [2.05, 4.69) is 25.7 Å². The summed E-state index contributed by atoms with van der Waals surface area (Å²) in [5.74, 6) is 2.01. The molecule has 8 nitrogen and oxygen atoms in total.